The van der Waals surface area contributed by atoms with Gasteiger partial charge < -0.3 is 10.5 Å². The molecule has 0 aliphatic heterocycles. The first kappa shape index (κ1) is 7.71. The SMILES string of the molecule is CCOc1nc(F)ncc1N. The summed E-state index contributed by atoms with van der Waals surface area (Å²) in [6, 6.07) is 0. The predicted molar refractivity (Wildman–Crippen MR) is 37.6 cm³/mol. The van der Waals surface area contributed by atoms with Gasteiger partial charge in [-0.25, -0.2) is 4.98 Å². The first-order valence-electron chi connectivity index (χ1n) is 3.15. The second-order valence-corrected chi connectivity index (χ2v) is 1.83. The van der Waals surface area contributed by atoms with Crippen LogP contribution in [-0.2, 0) is 0 Å². The molecule has 0 aromatic carbocycles. The van der Waals surface area contributed by atoms with Crippen molar-refractivity contribution in [3.05, 3.63) is 12.3 Å². The Bertz CT molecular complexity index is 254. The maximum absolute atomic E-state index is 12.3. The van der Waals surface area contributed by atoms with Crippen LogP contribution in [0.4, 0.5) is 10.1 Å². The van der Waals surface area contributed by atoms with Crippen molar-refractivity contribution in [2.24, 2.45) is 0 Å². The molecule has 0 spiro atoms. The first-order chi connectivity index (χ1) is 5.24. The molecular formula is C6H8FN3O. The highest BCUT2D eigenvalue weighted by atomic mass is 19.1. The molecule has 4 nitrogen and oxygen atoms in total. The molecule has 2 N–H and O–H groups in total. The van der Waals surface area contributed by atoms with E-state index in [-0.39, 0.29) is 11.6 Å². The van der Waals surface area contributed by atoms with E-state index in [2.05, 4.69) is 9.97 Å². The van der Waals surface area contributed by atoms with Gasteiger partial charge in [0.15, 0.2) is 0 Å². The minimum atomic E-state index is -0.831. The third-order valence-electron chi connectivity index (χ3n) is 1.03. The molecule has 0 radical (unpaired) electrons. The van der Waals surface area contributed by atoms with Gasteiger partial charge >= 0.3 is 6.08 Å². The Hall–Kier alpha value is -1.39. The maximum Gasteiger partial charge on any atom is 0.311 e. The minimum Gasteiger partial charge on any atom is -0.476 e. The third kappa shape index (κ3) is 1.76. The van der Waals surface area contributed by atoms with E-state index in [0.717, 1.165) is 0 Å². The monoisotopic (exact) mass is 157 g/mol. The van der Waals surface area contributed by atoms with Crippen LogP contribution in [0, 0.1) is 6.08 Å². The van der Waals surface area contributed by atoms with Gasteiger partial charge in [0.05, 0.1) is 12.8 Å². The number of ether oxygens (including phenoxy) is 1. The molecule has 0 aliphatic carbocycles. The lowest BCUT2D eigenvalue weighted by atomic mass is 10.5. The summed E-state index contributed by atoms with van der Waals surface area (Å²) in [7, 11) is 0. The molecule has 1 aromatic heterocycles. The Morgan fingerprint density at radius 2 is 2.45 bits per heavy atom. The molecule has 1 heterocycles. The Morgan fingerprint density at radius 1 is 1.73 bits per heavy atom. The number of rotatable bonds is 2. The standard InChI is InChI=1S/C6H8FN3O/c1-2-11-5-4(8)3-9-6(7)10-5/h3H,2,8H2,1H3. The van der Waals surface area contributed by atoms with Crippen LogP contribution in [0.2, 0.25) is 0 Å². The highest BCUT2D eigenvalue weighted by Crippen LogP contribution is 2.15. The summed E-state index contributed by atoms with van der Waals surface area (Å²) in [5, 5.41) is 0. The Morgan fingerprint density at radius 3 is 3.09 bits per heavy atom. The van der Waals surface area contributed by atoms with E-state index >= 15 is 0 Å². The largest absolute Gasteiger partial charge is 0.476 e. The Kier molecular flexibility index (Phi) is 2.20. The number of hydrogen-bond donors (Lipinski definition) is 1. The van der Waals surface area contributed by atoms with E-state index < -0.39 is 6.08 Å². The molecule has 0 fully saturated rings. The molecule has 0 saturated heterocycles. The van der Waals surface area contributed by atoms with Gasteiger partial charge in [-0.2, -0.15) is 9.37 Å². The lowest BCUT2D eigenvalue weighted by molar-refractivity contribution is 0.320. The molecule has 0 atom stereocenters. The number of nitrogens with zero attached hydrogens (tertiary/aromatic N) is 2. The molecule has 1 aromatic rings. The fraction of sp³-hybridized carbons (Fsp3) is 0.333. The van der Waals surface area contributed by atoms with Gasteiger partial charge in [0, 0.05) is 0 Å². The lowest BCUT2D eigenvalue weighted by Crippen LogP contribution is -2.02. The van der Waals surface area contributed by atoms with Gasteiger partial charge in [-0.15, -0.1) is 0 Å². The van der Waals surface area contributed by atoms with E-state index in [9.17, 15) is 4.39 Å². The van der Waals surface area contributed by atoms with E-state index in [4.69, 9.17) is 10.5 Å². The van der Waals surface area contributed by atoms with Crippen LogP contribution in [-0.4, -0.2) is 16.6 Å². The summed E-state index contributed by atoms with van der Waals surface area (Å²) >= 11 is 0. The molecule has 60 valence electrons. The summed E-state index contributed by atoms with van der Waals surface area (Å²) in [6.45, 7) is 2.17. The van der Waals surface area contributed by atoms with Gasteiger partial charge in [-0.1, -0.05) is 0 Å². The van der Waals surface area contributed by atoms with Gasteiger partial charge in [-0.05, 0) is 6.92 Å². The zero-order chi connectivity index (χ0) is 8.27. The smallest absolute Gasteiger partial charge is 0.311 e. The van der Waals surface area contributed by atoms with Crippen LogP contribution >= 0.6 is 0 Å². The highest BCUT2D eigenvalue weighted by Gasteiger charge is 2.02. The van der Waals surface area contributed by atoms with Crippen molar-refractivity contribution in [1.82, 2.24) is 9.97 Å². The zero-order valence-electron chi connectivity index (χ0n) is 6.04. The molecule has 0 bridgehead atoms. The first-order valence-corrected chi connectivity index (χ1v) is 3.15. The summed E-state index contributed by atoms with van der Waals surface area (Å²) < 4.78 is 17.2. The van der Waals surface area contributed by atoms with Gasteiger partial charge in [0.25, 0.3) is 0 Å². The number of halogens is 1. The van der Waals surface area contributed by atoms with E-state index in [1.54, 1.807) is 6.92 Å². The molecule has 11 heavy (non-hydrogen) atoms. The summed E-state index contributed by atoms with van der Waals surface area (Å²) in [6.07, 6.45) is 0.343. The number of anilines is 1. The lowest BCUT2D eigenvalue weighted by Gasteiger charge is -2.02. The molecular weight excluding hydrogens is 149 g/mol. The second-order valence-electron chi connectivity index (χ2n) is 1.83. The molecule has 5 heteroatoms. The van der Waals surface area contributed by atoms with Crippen LogP contribution in [0.5, 0.6) is 5.88 Å². The van der Waals surface area contributed by atoms with E-state index in [1.165, 1.54) is 6.20 Å². The van der Waals surface area contributed by atoms with Crippen LogP contribution in [0.25, 0.3) is 0 Å². The van der Waals surface area contributed by atoms with Gasteiger partial charge in [0.1, 0.15) is 5.69 Å². The van der Waals surface area contributed by atoms with Crippen LogP contribution in [0.15, 0.2) is 6.20 Å². The molecule has 1 rings (SSSR count). The fourth-order valence-electron chi connectivity index (χ4n) is 0.608. The molecule has 0 amide bonds. The minimum absolute atomic E-state index is 0.0972. The number of nitrogen functional groups attached to an aromatic ring is 1. The van der Waals surface area contributed by atoms with Crippen molar-refractivity contribution in [1.29, 1.82) is 0 Å². The van der Waals surface area contributed by atoms with E-state index in [1.807, 2.05) is 0 Å². The highest BCUT2D eigenvalue weighted by molar-refractivity contribution is 5.44. The van der Waals surface area contributed by atoms with Crippen LogP contribution < -0.4 is 10.5 Å². The molecule has 0 aliphatic rings. The van der Waals surface area contributed by atoms with Crippen molar-refractivity contribution in [2.75, 3.05) is 12.3 Å². The second kappa shape index (κ2) is 3.14. The Labute approximate surface area is 63.2 Å². The topological polar surface area (TPSA) is 61.0 Å². The fourth-order valence-corrected chi connectivity index (χ4v) is 0.608. The summed E-state index contributed by atoms with van der Waals surface area (Å²) in [5.41, 5.74) is 5.60. The van der Waals surface area contributed by atoms with Gasteiger partial charge in [0.2, 0.25) is 5.88 Å². The van der Waals surface area contributed by atoms with Crippen molar-refractivity contribution >= 4 is 5.69 Å². The molecule has 0 unspecified atom stereocenters. The predicted octanol–water partition coefficient (Wildman–Crippen LogP) is 0.597. The zero-order valence-corrected chi connectivity index (χ0v) is 6.04. The quantitative estimate of drug-likeness (QED) is 0.638. The van der Waals surface area contributed by atoms with Crippen molar-refractivity contribution < 1.29 is 9.13 Å². The van der Waals surface area contributed by atoms with Crippen LogP contribution in [0.1, 0.15) is 6.92 Å². The van der Waals surface area contributed by atoms with Gasteiger partial charge in [-0.3, -0.25) is 0 Å². The summed E-state index contributed by atoms with van der Waals surface area (Å²) in [4.78, 5) is 6.58. The third-order valence-corrected chi connectivity index (χ3v) is 1.03. The normalized spacial score (nSPS) is 9.64. The number of aromatic nitrogens is 2. The average molecular weight is 157 g/mol. The summed E-state index contributed by atoms with van der Waals surface area (Å²) in [5.74, 6) is 0.0972. The number of hydrogen-bond acceptors (Lipinski definition) is 4. The van der Waals surface area contributed by atoms with Crippen molar-refractivity contribution in [3.63, 3.8) is 0 Å². The molecule has 0 saturated carbocycles. The van der Waals surface area contributed by atoms with Crippen molar-refractivity contribution in [3.8, 4) is 5.88 Å². The van der Waals surface area contributed by atoms with Crippen molar-refractivity contribution in [2.45, 2.75) is 6.92 Å². The maximum atomic E-state index is 12.3. The average Bonchev–Trinajstić information content (AvgIpc) is 1.98. The van der Waals surface area contributed by atoms with E-state index in [0.29, 0.717) is 6.61 Å². The van der Waals surface area contributed by atoms with Crippen LogP contribution in [0.3, 0.4) is 0 Å². The number of nitrogens with two attached hydrogens (primary N) is 1. The Balaban J connectivity index is 2.93.